The highest BCUT2D eigenvalue weighted by atomic mass is 16.5. The lowest BCUT2D eigenvalue weighted by atomic mass is 10.1. The molecule has 4 N–H and O–H groups in total. The third-order valence-corrected chi connectivity index (χ3v) is 3.89. The smallest absolute Gasteiger partial charge is 0.153 e. The van der Waals surface area contributed by atoms with E-state index < -0.39 is 6.29 Å². The zero-order chi connectivity index (χ0) is 17.6. The summed E-state index contributed by atoms with van der Waals surface area (Å²) in [5.41, 5.74) is 3.94. The van der Waals surface area contributed by atoms with Gasteiger partial charge in [-0.3, -0.25) is 0 Å². The number of hydrogen-bond donors (Lipinski definition) is 4. The first-order chi connectivity index (χ1) is 12.2. The van der Waals surface area contributed by atoms with Crippen molar-refractivity contribution in [2.75, 3.05) is 11.9 Å². The highest BCUT2D eigenvalue weighted by molar-refractivity contribution is 5.83. The topological polar surface area (TPSA) is 98.5 Å². The Morgan fingerprint density at radius 1 is 0.960 bits per heavy atom. The quantitative estimate of drug-likeness (QED) is 0.389. The molecule has 0 amide bonds. The van der Waals surface area contributed by atoms with Gasteiger partial charge in [-0.2, -0.15) is 0 Å². The fourth-order valence-corrected chi connectivity index (χ4v) is 2.61. The standard InChI is InChI=1S/C19H21N3O3/c23-12-13-8-9-15-16(11-13)22-19(20-10-4-7-17(24)25)18(21-15)14-5-2-1-3-6-14/h1-3,5-6,8-9,11,17,23-25H,4,7,10,12H2,(H,20,22). The van der Waals surface area contributed by atoms with Gasteiger partial charge in [-0.05, 0) is 30.5 Å². The third-order valence-electron chi connectivity index (χ3n) is 3.89. The van der Waals surface area contributed by atoms with Gasteiger partial charge in [0, 0.05) is 12.1 Å². The summed E-state index contributed by atoms with van der Waals surface area (Å²) < 4.78 is 0. The Bertz CT molecular complexity index is 838. The van der Waals surface area contributed by atoms with E-state index >= 15 is 0 Å². The molecule has 6 nitrogen and oxygen atoms in total. The first-order valence-electron chi connectivity index (χ1n) is 8.24. The molecule has 1 aromatic heterocycles. The van der Waals surface area contributed by atoms with E-state index in [4.69, 9.17) is 15.2 Å². The summed E-state index contributed by atoms with van der Waals surface area (Å²) in [4.78, 5) is 9.40. The number of nitrogens with zero attached hydrogens (tertiary/aromatic N) is 2. The lowest BCUT2D eigenvalue weighted by Crippen LogP contribution is -2.10. The molecule has 0 aliphatic rings. The Morgan fingerprint density at radius 3 is 2.48 bits per heavy atom. The van der Waals surface area contributed by atoms with Crippen LogP contribution < -0.4 is 5.32 Å². The van der Waals surface area contributed by atoms with Crippen molar-refractivity contribution in [1.82, 2.24) is 9.97 Å². The molecular formula is C19H21N3O3. The lowest BCUT2D eigenvalue weighted by molar-refractivity contribution is -0.0456. The molecule has 2 aromatic carbocycles. The van der Waals surface area contributed by atoms with Crippen molar-refractivity contribution in [3.63, 3.8) is 0 Å². The average Bonchev–Trinajstić information content (AvgIpc) is 2.64. The van der Waals surface area contributed by atoms with Crippen LogP contribution >= 0.6 is 0 Å². The van der Waals surface area contributed by atoms with Crippen molar-refractivity contribution >= 4 is 16.9 Å². The van der Waals surface area contributed by atoms with Crippen LogP contribution in [0.15, 0.2) is 48.5 Å². The van der Waals surface area contributed by atoms with Crippen LogP contribution in [-0.2, 0) is 6.61 Å². The molecule has 0 fully saturated rings. The van der Waals surface area contributed by atoms with E-state index in [1.807, 2.05) is 48.5 Å². The maximum absolute atomic E-state index is 9.31. The summed E-state index contributed by atoms with van der Waals surface area (Å²) in [7, 11) is 0. The molecule has 25 heavy (non-hydrogen) atoms. The Balaban J connectivity index is 1.97. The second kappa shape index (κ2) is 8.02. The highest BCUT2D eigenvalue weighted by Gasteiger charge is 2.11. The molecule has 0 bridgehead atoms. The predicted molar refractivity (Wildman–Crippen MR) is 96.8 cm³/mol. The minimum absolute atomic E-state index is 0.0464. The fraction of sp³-hybridized carbons (Fsp3) is 0.263. The first kappa shape index (κ1) is 17.3. The molecule has 0 aliphatic heterocycles. The molecule has 0 aliphatic carbocycles. The van der Waals surface area contributed by atoms with Gasteiger partial charge in [0.2, 0.25) is 0 Å². The molecule has 0 unspecified atom stereocenters. The zero-order valence-corrected chi connectivity index (χ0v) is 13.8. The van der Waals surface area contributed by atoms with Crippen molar-refractivity contribution in [3.8, 4) is 11.3 Å². The van der Waals surface area contributed by atoms with E-state index in [0.717, 1.165) is 22.3 Å². The Labute approximate surface area is 145 Å². The predicted octanol–water partition coefficient (Wildman–Crippen LogP) is 2.29. The van der Waals surface area contributed by atoms with Crippen LogP contribution in [0, 0.1) is 0 Å². The maximum atomic E-state index is 9.31. The molecule has 0 radical (unpaired) electrons. The van der Waals surface area contributed by atoms with Crippen molar-refractivity contribution in [1.29, 1.82) is 0 Å². The largest absolute Gasteiger partial charge is 0.392 e. The average molecular weight is 339 g/mol. The number of aliphatic hydroxyl groups is 3. The van der Waals surface area contributed by atoms with E-state index in [1.54, 1.807) is 0 Å². The van der Waals surface area contributed by atoms with Crippen LogP contribution in [0.2, 0.25) is 0 Å². The number of fused-ring (bicyclic) bond motifs is 1. The highest BCUT2D eigenvalue weighted by Crippen LogP contribution is 2.27. The normalized spacial score (nSPS) is 11.2. The molecule has 3 aromatic rings. The molecule has 6 heteroatoms. The van der Waals surface area contributed by atoms with E-state index in [0.29, 0.717) is 30.7 Å². The number of aliphatic hydroxyl groups excluding tert-OH is 2. The SMILES string of the molecule is OCc1ccc2nc(-c3ccccc3)c(NCCCC(O)O)nc2c1. The number of nitrogens with one attached hydrogen (secondary N) is 1. The Hall–Kier alpha value is -2.54. The van der Waals surface area contributed by atoms with Gasteiger partial charge in [-0.15, -0.1) is 0 Å². The molecule has 3 rings (SSSR count). The Kier molecular flexibility index (Phi) is 5.55. The van der Waals surface area contributed by atoms with Crippen molar-refractivity contribution in [3.05, 3.63) is 54.1 Å². The van der Waals surface area contributed by atoms with Crippen LogP contribution in [-0.4, -0.2) is 38.1 Å². The first-order valence-corrected chi connectivity index (χ1v) is 8.24. The number of anilines is 1. The minimum Gasteiger partial charge on any atom is -0.392 e. The molecule has 130 valence electrons. The third kappa shape index (κ3) is 4.30. The molecule has 0 spiro atoms. The summed E-state index contributed by atoms with van der Waals surface area (Å²) in [6.45, 7) is 0.506. The summed E-state index contributed by atoms with van der Waals surface area (Å²) in [6, 6.07) is 15.3. The summed E-state index contributed by atoms with van der Waals surface area (Å²) in [5, 5.41) is 30.5. The van der Waals surface area contributed by atoms with Crippen LogP contribution in [0.1, 0.15) is 18.4 Å². The van der Waals surface area contributed by atoms with Gasteiger partial charge in [-0.25, -0.2) is 9.97 Å². The van der Waals surface area contributed by atoms with Crippen LogP contribution in [0.25, 0.3) is 22.3 Å². The Morgan fingerprint density at radius 2 is 1.76 bits per heavy atom. The van der Waals surface area contributed by atoms with E-state index in [1.165, 1.54) is 0 Å². The van der Waals surface area contributed by atoms with Gasteiger partial charge < -0.3 is 20.6 Å². The summed E-state index contributed by atoms with van der Waals surface area (Å²) >= 11 is 0. The fourth-order valence-electron chi connectivity index (χ4n) is 2.61. The van der Waals surface area contributed by atoms with E-state index in [9.17, 15) is 5.11 Å². The second-order valence-electron chi connectivity index (χ2n) is 5.82. The van der Waals surface area contributed by atoms with Gasteiger partial charge in [0.1, 0.15) is 5.69 Å². The second-order valence-corrected chi connectivity index (χ2v) is 5.82. The number of rotatable bonds is 7. The van der Waals surface area contributed by atoms with E-state index in [-0.39, 0.29) is 6.61 Å². The van der Waals surface area contributed by atoms with Gasteiger partial charge in [0.25, 0.3) is 0 Å². The number of hydrogen-bond acceptors (Lipinski definition) is 6. The van der Waals surface area contributed by atoms with Crippen molar-refractivity contribution in [2.24, 2.45) is 0 Å². The molecule has 0 saturated heterocycles. The lowest BCUT2D eigenvalue weighted by Gasteiger charge is -2.13. The molecule has 1 heterocycles. The number of aromatic nitrogens is 2. The monoisotopic (exact) mass is 339 g/mol. The molecule has 0 atom stereocenters. The van der Waals surface area contributed by atoms with Gasteiger partial charge >= 0.3 is 0 Å². The van der Waals surface area contributed by atoms with Crippen molar-refractivity contribution < 1.29 is 15.3 Å². The number of benzene rings is 2. The van der Waals surface area contributed by atoms with Crippen LogP contribution in [0.3, 0.4) is 0 Å². The minimum atomic E-state index is -1.30. The van der Waals surface area contributed by atoms with Gasteiger partial charge in [0.05, 0.1) is 17.6 Å². The summed E-state index contributed by atoms with van der Waals surface area (Å²) in [5.74, 6) is 0.640. The van der Waals surface area contributed by atoms with E-state index in [2.05, 4.69) is 10.3 Å². The van der Waals surface area contributed by atoms with Gasteiger partial charge in [0.15, 0.2) is 12.1 Å². The summed E-state index contributed by atoms with van der Waals surface area (Å²) in [6.07, 6.45) is -0.406. The van der Waals surface area contributed by atoms with Gasteiger partial charge in [-0.1, -0.05) is 36.4 Å². The zero-order valence-electron chi connectivity index (χ0n) is 13.8. The maximum Gasteiger partial charge on any atom is 0.153 e. The van der Waals surface area contributed by atoms with Crippen molar-refractivity contribution in [2.45, 2.75) is 25.7 Å². The van der Waals surface area contributed by atoms with Crippen LogP contribution in [0.5, 0.6) is 0 Å². The molecule has 0 saturated carbocycles. The molecular weight excluding hydrogens is 318 g/mol. The van der Waals surface area contributed by atoms with Crippen LogP contribution in [0.4, 0.5) is 5.82 Å².